The summed E-state index contributed by atoms with van der Waals surface area (Å²) < 4.78 is 19.2. The molecule has 4 rings (SSSR count). The monoisotopic (exact) mass is 574 g/mol. The average molecular weight is 575 g/mol. The molecule has 1 aliphatic rings. The number of rotatable bonds is 9. The molecule has 1 N–H and O–H groups in total. The number of aromatic nitrogens is 1. The number of halogens is 1. The zero-order chi connectivity index (χ0) is 30.4. The van der Waals surface area contributed by atoms with Gasteiger partial charge in [-0.2, -0.15) is 0 Å². The maximum absolute atomic E-state index is 13.2. The summed E-state index contributed by atoms with van der Waals surface area (Å²) in [6.07, 6.45) is 3.68. The lowest BCUT2D eigenvalue weighted by molar-refractivity contribution is -0.144. The molecule has 8 heteroatoms. The number of aryl methyl sites for hydroxylation is 1. The summed E-state index contributed by atoms with van der Waals surface area (Å²) in [4.78, 5) is 33.5. The molecule has 1 aromatic heterocycles. The number of amides is 2. The molecule has 0 atom stereocenters. The van der Waals surface area contributed by atoms with Crippen molar-refractivity contribution in [2.24, 2.45) is 5.41 Å². The van der Waals surface area contributed by atoms with Crippen molar-refractivity contribution >= 4 is 17.5 Å². The molecule has 0 saturated carbocycles. The summed E-state index contributed by atoms with van der Waals surface area (Å²) in [5.74, 6) is -0.762. The molecule has 0 unspecified atom stereocenters. The molecule has 0 radical (unpaired) electrons. The van der Waals surface area contributed by atoms with Crippen LogP contribution in [0.4, 0.5) is 10.1 Å². The van der Waals surface area contributed by atoms with Crippen molar-refractivity contribution in [1.82, 2.24) is 15.2 Å². The van der Waals surface area contributed by atoms with Crippen LogP contribution < -0.4 is 15.0 Å². The average Bonchev–Trinajstić information content (AvgIpc) is 2.96. The third-order valence-corrected chi connectivity index (χ3v) is 8.07. The topological polar surface area (TPSA) is 74.8 Å². The fourth-order valence-corrected chi connectivity index (χ4v) is 5.42. The van der Waals surface area contributed by atoms with Crippen LogP contribution in [0.1, 0.15) is 56.1 Å². The maximum Gasteiger partial charge on any atom is 0.311 e. The minimum atomic E-state index is -0.656. The molecule has 0 bridgehead atoms. The number of ether oxygens (including phenoxy) is 1. The number of hydrogen-bond donors (Lipinski definition) is 1. The number of piperidine rings is 1. The van der Waals surface area contributed by atoms with Gasteiger partial charge in [-0.1, -0.05) is 45.0 Å². The van der Waals surface area contributed by atoms with Gasteiger partial charge in [-0.3, -0.25) is 14.6 Å². The number of carbonyl (C=O) groups excluding carboxylic acids is 2. The Labute approximate surface area is 249 Å². The third kappa shape index (κ3) is 7.46. The molecule has 224 valence electrons. The summed E-state index contributed by atoms with van der Waals surface area (Å²) in [5, 5.41) is 2.80. The van der Waals surface area contributed by atoms with Crippen molar-refractivity contribution in [1.29, 1.82) is 0 Å². The highest BCUT2D eigenvalue weighted by molar-refractivity contribution is 6.34. The highest BCUT2D eigenvalue weighted by atomic mass is 19.1. The SMILES string of the molecule is CCc1c(C)nc(CNC(=O)C(=O)N(C)C)c(-c2ccc(OCCc3ccc(F)cc3)cc2)c1N1CCC(C)(C)CC1. The zero-order valence-corrected chi connectivity index (χ0v) is 25.7. The van der Waals surface area contributed by atoms with E-state index >= 15 is 0 Å². The van der Waals surface area contributed by atoms with Gasteiger partial charge in [0.25, 0.3) is 0 Å². The zero-order valence-electron chi connectivity index (χ0n) is 25.7. The van der Waals surface area contributed by atoms with Crippen LogP contribution in [-0.4, -0.2) is 55.5 Å². The highest BCUT2D eigenvalue weighted by Gasteiger charge is 2.30. The van der Waals surface area contributed by atoms with Gasteiger partial charge in [-0.05, 0) is 72.6 Å². The van der Waals surface area contributed by atoms with Crippen LogP contribution in [0.3, 0.4) is 0 Å². The van der Waals surface area contributed by atoms with Gasteiger partial charge in [0.05, 0.1) is 24.5 Å². The fraction of sp³-hybridized carbons (Fsp3) is 0.441. The number of nitrogens with one attached hydrogen (secondary N) is 1. The van der Waals surface area contributed by atoms with Crippen molar-refractivity contribution in [2.45, 2.75) is 59.9 Å². The van der Waals surface area contributed by atoms with Crippen LogP contribution in [0.5, 0.6) is 5.75 Å². The van der Waals surface area contributed by atoms with Gasteiger partial charge in [0.2, 0.25) is 0 Å². The number of carbonyl (C=O) groups is 2. The Morgan fingerprint density at radius 1 is 1.05 bits per heavy atom. The largest absolute Gasteiger partial charge is 0.493 e. The fourth-order valence-electron chi connectivity index (χ4n) is 5.42. The van der Waals surface area contributed by atoms with Crippen molar-refractivity contribution < 1.29 is 18.7 Å². The highest BCUT2D eigenvalue weighted by Crippen LogP contribution is 2.42. The third-order valence-electron chi connectivity index (χ3n) is 8.07. The van der Waals surface area contributed by atoms with Crippen LogP contribution in [0.2, 0.25) is 0 Å². The predicted octanol–water partition coefficient (Wildman–Crippen LogP) is 5.71. The lowest BCUT2D eigenvalue weighted by atomic mass is 9.82. The van der Waals surface area contributed by atoms with Crippen LogP contribution in [-0.2, 0) is 29.0 Å². The molecule has 2 heterocycles. The molecule has 2 aromatic carbocycles. The summed E-state index contributed by atoms with van der Waals surface area (Å²) in [6.45, 7) is 11.3. The van der Waals surface area contributed by atoms with Crippen LogP contribution in [0.15, 0.2) is 48.5 Å². The van der Waals surface area contributed by atoms with Crippen LogP contribution in [0, 0.1) is 18.2 Å². The van der Waals surface area contributed by atoms with E-state index in [1.807, 2.05) is 31.2 Å². The van der Waals surface area contributed by atoms with E-state index in [1.54, 1.807) is 26.2 Å². The van der Waals surface area contributed by atoms with Gasteiger partial charge in [0.1, 0.15) is 11.6 Å². The number of pyridine rings is 1. The predicted molar refractivity (Wildman–Crippen MR) is 165 cm³/mol. The molecule has 1 saturated heterocycles. The van der Waals surface area contributed by atoms with Crippen molar-refractivity contribution in [2.75, 3.05) is 38.7 Å². The van der Waals surface area contributed by atoms with Gasteiger partial charge in [-0.15, -0.1) is 0 Å². The van der Waals surface area contributed by atoms with E-state index in [1.165, 1.54) is 22.6 Å². The molecule has 42 heavy (non-hydrogen) atoms. The van der Waals surface area contributed by atoms with Crippen molar-refractivity contribution in [3.05, 3.63) is 76.9 Å². The first-order chi connectivity index (χ1) is 20.0. The molecular formula is C34H43FN4O3. The van der Waals surface area contributed by atoms with E-state index in [0.717, 1.165) is 71.9 Å². The normalized spacial score (nSPS) is 14.4. The van der Waals surface area contributed by atoms with E-state index in [4.69, 9.17) is 9.72 Å². The Bertz CT molecular complexity index is 1390. The lowest BCUT2D eigenvalue weighted by Crippen LogP contribution is -2.40. The molecule has 0 aliphatic carbocycles. The molecular weight excluding hydrogens is 531 g/mol. The Hall–Kier alpha value is -3.94. The summed E-state index contributed by atoms with van der Waals surface area (Å²) >= 11 is 0. The van der Waals surface area contributed by atoms with Crippen LogP contribution >= 0.6 is 0 Å². The smallest absolute Gasteiger partial charge is 0.311 e. The van der Waals surface area contributed by atoms with E-state index in [-0.39, 0.29) is 12.4 Å². The molecule has 1 aliphatic heterocycles. The first kappa shape index (κ1) is 31.0. The standard InChI is InChI=1S/C34H43FN4O3/c1-7-28-23(2)37-29(22-36-32(40)33(41)38(5)6)30(31(28)39-19-17-34(3,4)18-20-39)25-10-14-27(15-11-25)42-21-16-24-8-12-26(35)13-9-24/h8-15H,7,16-22H2,1-6H3,(H,36,40). The number of benzene rings is 2. The second kappa shape index (κ2) is 13.4. The molecule has 7 nitrogen and oxygen atoms in total. The van der Waals surface area contributed by atoms with Gasteiger partial charge < -0.3 is 19.9 Å². The molecule has 3 aromatic rings. The van der Waals surface area contributed by atoms with E-state index in [9.17, 15) is 14.0 Å². The van der Waals surface area contributed by atoms with Gasteiger partial charge in [0.15, 0.2) is 0 Å². The van der Waals surface area contributed by atoms with Gasteiger partial charge in [0, 0.05) is 44.9 Å². The summed E-state index contributed by atoms with van der Waals surface area (Å²) in [5.41, 5.74) is 7.29. The summed E-state index contributed by atoms with van der Waals surface area (Å²) in [7, 11) is 3.12. The summed E-state index contributed by atoms with van der Waals surface area (Å²) in [6, 6.07) is 14.4. The first-order valence-electron chi connectivity index (χ1n) is 14.7. The Morgan fingerprint density at radius 3 is 2.29 bits per heavy atom. The number of anilines is 1. The van der Waals surface area contributed by atoms with E-state index in [0.29, 0.717) is 18.4 Å². The number of nitrogens with zero attached hydrogens (tertiary/aromatic N) is 3. The Balaban J connectivity index is 1.66. The van der Waals surface area contributed by atoms with Gasteiger partial charge >= 0.3 is 11.8 Å². The Kier molecular flexibility index (Phi) is 9.86. The van der Waals surface area contributed by atoms with E-state index in [2.05, 4.69) is 31.0 Å². The first-order valence-corrected chi connectivity index (χ1v) is 14.7. The van der Waals surface area contributed by atoms with Crippen molar-refractivity contribution in [3.63, 3.8) is 0 Å². The van der Waals surface area contributed by atoms with E-state index < -0.39 is 11.8 Å². The Morgan fingerprint density at radius 2 is 1.69 bits per heavy atom. The number of hydrogen-bond acceptors (Lipinski definition) is 5. The van der Waals surface area contributed by atoms with Crippen LogP contribution in [0.25, 0.3) is 11.1 Å². The van der Waals surface area contributed by atoms with Crippen molar-refractivity contribution in [3.8, 4) is 16.9 Å². The maximum atomic E-state index is 13.2. The number of likely N-dealkylation sites (N-methyl/N-ethyl adjacent to an activating group) is 1. The quantitative estimate of drug-likeness (QED) is 0.332. The second-order valence-corrected chi connectivity index (χ2v) is 12.0. The second-order valence-electron chi connectivity index (χ2n) is 12.0. The minimum Gasteiger partial charge on any atom is -0.493 e. The molecule has 1 fully saturated rings. The lowest BCUT2D eigenvalue weighted by Gasteiger charge is -2.40. The minimum absolute atomic E-state index is 0.140. The van der Waals surface area contributed by atoms with Gasteiger partial charge in [-0.25, -0.2) is 4.39 Å². The molecule has 0 spiro atoms. The molecule has 2 amide bonds.